The summed E-state index contributed by atoms with van der Waals surface area (Å²) in [5, 5.41) is 0. The zero-order valence-electron chi connectivity index (χ0n) is 13.1. The largest absolute Gasteiger partial charge is 0.0774 e. The van der Waals surface area contributed by atoms with Crippen molar-refractivity contribution in [2.45, 2.75) is 81.5 Å². The Kier molecular flexibility index (Phi) is 11.4. The van der Waals surface area contributed by atoms with Crippen LogP contribution in [0.1, 0.15) is 87.0 Å². The Morgan fingerprint density at radius 3 is 1.80 bits per heavy atom. The average molecular weight is 386 g/mol. The summed E-state index contributed by atoms with van der Waals surface area (Å²) in [6.45, 7) is 2.29. The van der Waals surface area contributed by atoms with Crippen molar-refractivity contribution in [2.24, 2.45) is 0 Å². The van der Waals surface area contributed by atoms with Crippen LogP contribution in [-0.4, -0.2) is 0 Å². The Morgan fingerprint density at radius 1 is 0.750 bits per heavy atom. The Balaban J connectivity index is 1.90. The number of benzene rings is 1. The van der Waals surface area contributed by atoms with E-state index in [2.05, 4.69) is 59.8 Å². The lowest BCUT2D eigenvalue weighted by Gasteiger charge is -2.09. The van der Waals surface area contributed by atoms with Gasteiger partial charge in [0.25, 0.3) is 0 Å². The molecule has 0 N–H and O–H groups in total. The molecule has 0 radical (unpaired) electrons. The molecule has 0 heterocycles. The number of halogens is 1. The summed E-state index contributed by atoms with van der Waals surface area (Å²) >= 11 is 2.59. The average Bonchev–Trinajstić information content (AvgIpc) is 2.50. The molecule has 1 aromatic rings. The molecule has 20 heavy (non-hydrogen) atoms. The lowest BCUT2D eigenvalue weighted by Crippen LogP contribution is -1.90. The Bertz CT molecular complexity index is 307. The minimum atomic E-state index is 0.697. The predicted octanol–water partition coefficient (Wildman–Crippen LogP) is 7.47. The molecule has 0 spiro atoms. The van der Waals surface area contributed by atoms with Crippen molar-refractivity contribution >= 4 is 22.6 Å². The van der Waals surface area contributed by atoms with Gasteiger partial charge in [-0.2, -0.15) is 0 Å². The van der Waals surface area contributed by atoms with E-state index >= 15 is 0 Å². The highest BCUT2D eigenvalue weighted by molar-refractivity contribution is 14.1. The Labute approximate surface area is 139 Å². The third kappa shape index (κ3) is 8.99. The van der Waals surface area contributed by atoms with Crippen LogP contribution in [0.5, 0.6) is 0 Å². The second-order valence-electron chi connectivity index (χ2n) is 5.85. The first-order valence-electron chi connectivity index (χ1n) is 8.53. The first-order valence-corrected chi connectivity index (χ1v) is 9.78. The van der Waals surface area contributed by atoms with E-state index in [0.717, 1.165) is 0 Å². The van der Waals surface area contributed by atoms with Gasteiger partial charge in [-0.25, -0.2) is 0 Å². The fourth-order valence-corrected chi connectivity index (χ4v) is 3.50. The number of rotatable bonds is 12. The molecule has 1 aromatic carbocycles. The molecular weight excluding hydrogens is 355 g/mol. The zero-order valence-corrected chi connectivity index (χ0v) is 15.3. The second kappa shape index (κ2) is 12.7. The molecule has 0 aliphatic rings. The molecule has 0 saturated carbocycles. The zero-order chi connectivity index (χ0) is 14.5. The van der Waals surface area contributed by atoms with Gasteiger partial charge in [-0.1, -0.05) is 124 Å². The minimum Gasteiger partial charge on any atom is -0.0774 e. The van der Waals surface area contributed by atoms with Gasteiger partial charge in [0.05, 0.1) is 0 Å². The lowest BCUT2D eigenvalue weighted by molar-refractivity contribution is 0.550. The van der Waals surface area contributed by atoms with Gasteiger partial charge in [0.1, 0.15) is 0 Å². The first-order chi connectivity index (χ1) is 9.84. The van der Waals surface area contributed by atoms with E-state index in [1.165, 1.54) is 76.2 Å². The van der Waals surface area contributed by atoms with E-state index in [-0.39, 0.29) is 0 Å². The maximum absolute atomic E-state index is 2.59. The molecule has 114 valence electrons. The van der Waals surface area contributed by atoms with E-state index in [9.17, 15) is 0 Å². The highest BCUT2D eigenvalue weighted by Gasteiger charge is 2.05. The molecule has 0 aliphatic heterocycles. The summed E-state index contributed by atoms with van der Waals surface area (Å²) in [7, 11) is 0. The topological polar surface area (TPSA) is 0 Å². The molecule has 0 fully saturated rings. The standard InChI is InChI=1S/C19H31I/c1-2-3-4-5-6-7-8-9-10-14-17-19(20)18-15-12-11-13-16-18/h11-13,15-16,19H,2-10,14,17H2,1H3. The molecule has 1 unspecified atom stereocenters. The molecule has 0 bridgehead atoms. The smallest absolute Gasteiger partial charge is 0.0359 e. The lowest BCUT2D eigenvalue weighted by atomic mass is 10.0. The van der Waals surface area contributed by atoms with Crippen molar-refractivity contribution in [3.63, 3.8) is 0 Å². The van der Waals surface area contributed by atoms with E-state index in [0.29, 0.717) is 3.92 Å². The number of alkyl halides is 1. The molecule has 0 saturated heterocycles. The Hall–Kier alpha value is -0.0500. The van der Waals surface area contributed by atoms with Crippen LogP contribution in [0, 0.1) is 0 Å². The van der Waals surface area contributed by atoms with Crippen molar-refractivity contribution in [3.8, 4) is 0 Å². The van der Waals surface area contributed by atoms with Crippen LogP contribution < -0.4 is 0 Å². The van der Waals surface area contributed by atoms with Gasteiger partial charge in [0.2, 0.25) is 0 Å². The van der Waals surface area contributed by atoms with Gasteiger partial charge in [-0.05, 0) is 12.0 Å². The summed E-state index contributed by atoms with van der Waals surface area (Å²) in [4.78, 5) is 0. The highest BCUT2D eigenvalue weighted by Crippen LogP contribution is 2.29. The van der Waals surface area contributed by atoms with Gasteiger partial charge < -0.3 is 0 Å². The van der Waals surface area contributed by atoms with Gasteiger partial charge in [0, 0.05) is 3.92 Å². The van der Waals surface area contributed by atoms with Crippen LogP contribution in [0.3, 0.4) is 0 Å². The second-order valence-corrected chi connectivity index (χ2v) is 7.35. The normalized spacial score (nSPS) is 12.5. The monoisotopic (exact) mass is 386 g/mol. The molecule has 0 aromatic heterocycles. The quantitative estimate of drug-likeness (QED) is 0.198. The first kappa shape index (κ1) is 18.0. The van der Waals surface area contributed by atoms with E-state index in [1.807, 2.05) is 0 Å². The summed E-state index contributed by atoms with van der Waals surface area (Å²) in [5.74, 6) is 0. The van der Waals surface area contributed by atoms with Crippen molar-refractivity contribution in [1.29, 1.82) is 0 Å². The predicted molar refractivity (Wildman–Crippen MR) is 99.7 cm³/mol. The van der Waals surface area contributed by atoms with Crippen LogP contribution in [0.15, 0.2) is 30.3 Å². The van der Waals surface area contributed by atoms with Crippen molar-refractivity contribution in [2.75, 3.05) is 0 Å². The summed E-state index contributed by atoms with van der Waals surface area (Å²) in [6.07, 6.45) is 15.6. The van der Waals surface area contributed by atoms with E-state index < -0.39 is 0 Å². The van der Waals surface area contributed by atoms with E-state index in [1.54, 1.807) is 0 Å². The minimum absolute atomic E-state index is 0.697. The number of hydrogen-bond donors (Lipinski definition) is 0. The molecule has 1 heteroatoms. The van der Waals surface area contributed by atoms with Crippen LogP contribution >= 0.6 is 22.6 Å². The van der Waals surface area contributed by atoms with Crippen LogP contribution in [-0.2, 0) is 0 Å². The number of unbranched alkanes of at least 4 members (excludes halogenated alkanes) is 9. The fourth-order valence-electron chi connectivity index (χ4n) is 2.64. The van der Waals surface area contributed by atoms with Gasteiger partial charge in [-0.15, -0.1) is 0 Å². The van der Waals surface area contributed by atoms with Gasteiger partial charge >= 0.3 is 0 Å². The van der Waals surface area contributed by atoms with Crippen LogP contribution in [0.4, 0.5) is 0 Å². The Morgan fingerprint density at radius 2 is 1.25 bits per heavy atom. The molecule has 0 aliphatic carbocycles. The summed E-state index contributed by atoms with van der Waals surface area (Å²) in [5.41, 5.74) is 1.49. The molecule has 1 atom stereocenters. The van der Waals surface area contributed by atoms with Crippen LogP contribution in [0.25, 0.3) is 0 Å². The van der Waals surface area contributed by atoms with Crippen molar-refractivity contribution in [1.82, 2.24) is 0 Å². The summed E-state index contributed by atoms with van der Waals surface area (Å²) < 4.78 is 0.697. The van der Waals surface area contributed by atoms with Gasteiger partial charge in [0.15, 0.2) is 0 Å². The van der Waals surface area contributed by atoms with Crippen LogP contribution in [0.2, 0.25) is 0 Å². The third-order valence-electron chi connectivity index (χ3n) is 3.97. The third-order valence-corrected chi connectivity index (χ3v) is 5.31. The molecule has 0 amide bonds. The van der Waals surface area contributed by atoms with Crippen molar-refractivity contribution < 1.29 is 0 Å². The van der Waals surface area contributed by atoms with Gasteiger partial charge in [-0.3, -0.25) is 0 Å². The fraction of sp³-hybridized carbons (Fsp3) is 0.684. The molecule has 0 nitrogen and oxygen atoms in total. The number of hydrogen-bond acceptors (Lipinski definition) is 0. The molecular formula is C19H31I. The SMILES string of the molecule is CCCCCCCCCCCCC(I)c1ccccc1. The molecule has 1 rings (SSSR count). The maximum Gasteiger partial charge on any atom is 0.0359 e. The van der Waals surface area contributed by atoms with E-state index in [4.69, 9.17) is 0 Å². The highest BCUT2D eigenvalue weighted by atomic mass is 127. The summed E-state index contributed by atoms with van der Waals surface area (Å²) in [6, 6.07) is 10.9. The van der Waals surface area contributed by atoms with Crippen molar-refractivity contribution in [3.05, 3.63) is 35.9 Å². The maximum atomic E-state index is 2.59.